The van der Waals surface area contributed by atoms with Crippen molar-refractivity contribution in [3.63, 3.8) is 0 Å². The number of nitrogens with zero attached hydrogens (tertiary/aromatic N) is 1. The molecule has 2 N–H and O–H groups in total. The first kappa shape index (κ1) is 25.7. The lowest BCUT2D eigenvalue weighted by atomic mass is 10.1. The van der Waals surface area contributed by atoms with Gasteiger partial charge < -0.3 is 24.5 Å². The summed E-state index contributed by atoms with van der Waals surface area (Å²) in [6.45, 7) is 1.51. The highest BCUT2D eigenvalue weighted by Crippen LogP contribution is 2.27. The number of urea groups is 1. The molecule has 4 rings (SSSR count). The summed E-state index contributed by atoms with van der Waals surface area (Å²) in [5.74, 6) is -1.09. The number of amides is 4. The molecule has 0 saturated carbocycles. The number of carbonyl (C=O) groups is 4. The highest BCUT2D eigenvalue weighted by atomic mass is 79.9. The van der Waals surface area contributed by atoms with Crippen LogP contribution in [0.2, 0.25) is 0 Å². The molecule has 37 heavy (non-hydrogen) atoms. The van der Waals surface area contributed by atoms with Gasteiger partial charge in [0.25, 0.3) is 11.8 Å². The third-order valence-corrected chi connectivity index (χ3v) is 5.78. The maximum absolute atomic E-state index is 12.9. The number of halogens is 1. The average molecular weight is 568 g/mol. The van der Waals surface area contributed by atoms with E-state index in [1.54, 1.807) is 30.3 Å². The summed E-state index contributed by atoms with van der Waals surface area (Å²) in [7, 11) is 1.22. The Balaban J connectivity index is 1.46. The molecule has 0 unspecified atom stereocenters. The smallest absolute Gasteiger partial charge is 0.373 e. The van der Waals surface area contributed by atoms with Crippen LogP contribution in [0.15, 0.2) is 69.2 Å². The van der Waals surface area contributed by atoms with Gasteiger partial charge in [-0.05, 0) is 55.5 Å². The van der Waals surface area contributed by atoms with Crippen molar-refractivity contribution >= 4 is 51.5 Å². The van der Waals surface area contributed by atoms with E-state index in [0.29, 0.717) is 21.5 Å². The van der Waals surface area contributed by atoms with E-state index in [-0.39, 0.29) is 36.3 Å². The molecule has 4 amide bonds. The van der Waals surface area contributed by atoms with E-state index in [1.165, 1.54) is 25.3 Å². The van der Waals surface area contributed by atoms with Gasteiger partial charge in [-0.3, -0.25) is 14.5 Å². The Morgan fingerprint density at radius 1 is 1.11 bits per heavy atom. The normalized spacial score (nSPS) is 14.0. The minimum absolute atomic E-state index is 0.0109. The van der Waals surface area contributed by atoms with Crippen LogP contribution in [-0.4, -0.2) is 42.4 Å². The predicted octanol–water partition coefficient (Wildman–Crippen LogP) is 4.25. The lowest BCUT2D eigenvalue weighted by Gasteiger charge is -2.11. The number of hydrogen-bond acceptors (Lipinski definition) is 7. The fraction of sp³-hybridized carbons (Fsp3) is 0.154. The Morgan fingerprint density at radius 3 is 2.59 bits per heavy atom. The van der Waals surface area contributed by atoms with Crippen LogP contribution in [-0.2, 0) is 20.9 Å². The van der Waals surface area contributed by atoms with Crippen LogP contribution in [0, 0.1) is 6.92 Å². The van der Waals surface area contributed by atoms with E-state index in [2.05, 4.69) is 31.3 Å². The van der Waals surface area contributed by atoms with Crippen molar-refractivity contribution in [3.8, 4) is 5.75 Å². The maximum atomic E-state index is 12.9. The second-order valence-electron chi connectivity index (χ2n) is 8.02. The maximum Gasteiger partial charge on any atom is 0.373 e. The van der Waals surface area contributed by atoms with E-state index >= 15 is 0 Å². The van der Waals surface area contributed by atoms with Crippen molar-refractivity contribution in [2.45, 2.75) is 13.5 Å². The molecular formula is C26H22BrN3O7. The molecule has 190 valence electrons. The van der Waals surface area contributed by atoms with Crippen molar-refractivity contribution in [1.82, 2.24) is 10.2 Å². The largest absolute Gasteiger partial charge is 0.483 e. The van der Waals surface area contributed by atoms with E-state index in [9.17, 15) is 19.2 Å². The summed E-state index contributed by atoms with van der Waals surface area (Å²) in [6.07, 6.45) is 1.46. The molecule has 1 aliphatic rings. The second kappa shape index (κ2) is 11.1. The Labute approximate surface area is 220 Å². The lowest BCUT2D eigenvalue weighted by Crippen LogP contribution is -2.30. The first-order valence-electron chi connectivity index (χ1n) is 11.0. The van der Waals surface area contributed by atoms with Crippen LogP contribution in [0.25, 0.3) is 6.08 Å². The van der Waals surface area contributed by atoms with Gasteiger partial charge in [0, 0.05) is 15.7 Å². The third-order valence-electron chi connectivity index (χ3n) is 5.29. The van der Waals surface area contributed by atoms with Crippen molar-refractivity contribution in [3.05, 3.63) is 87.4 Å². The van der Waals surface area contributed by atoms with Gasteiger partial charge in [0.2, 0.25) is 5.76 Å². The summed E-state index contributed by atoms with van der Waals surface area (Å²) in [6, 6.07) is 14.7. The van der Waals surface area contributed by atoms with Gasteiger partial charge in [-0.15, -0.1) is 0 Å². The average Bonchev–Trinajstić information content (AvgIpc) is 3.45. The Kier molecular flexibility index (Phi) is 7.73. The number of nitrogens with one attached hydrogen (secondary N) is 2. The number of ether oxygens (including phenoxy) is 2. The van der Waals surface area contributed by atoms with Gasteiger partial charge in [0.05, 0.1) is 13.7 Å². The number of methoxy groups -OCH3 is 1. The molecule has 0 aliphatic carbocycles. The van der Waals surface area contributed by atoms with E-state index in [4.69, 9.17) is 9.15 Å². The minimum atomic E-state index is -0.668. The van der Waals surface area contributed by atoms with Gasteiger partial charge in [0.15, 0.2) is 6.61 Å². The molecule has 0 atom stereocenters. The second-order valence-corrected chi connectivity index (χ2v) is 8.94. The zero-order valence-corrected chi connectivity index (χ0v) is 21.5. The van der Waals surface area contributed by atoms with Gasteiger partial charge >= 0.3 is 12.0 Å². The van der Waals surface area contributed by atoms with Crippen molar-refractivity contribution in [2.24, 2.45) is 0 Å². The molecule has 3 aromatic rings. The number of anilines is 1. The fourth-order valence-corrected chi connectivity index (χ4v) is 3.82. The van der Waals surface area contributed by atoms with E-state index in [1.807, 2.05) is 19.1 Å². The molecular weight excluding hydrogens is 546 g/mol. The predicted molar refractivity (Wildman–Crippen MR) is 137 cm³/mol. The summed E-state index contributed by atoms with van der Waals surface area (Å²) in [5, 5.41) is 5.28. The van der Waals surface area contributed by atoms with Crippen LogP contribution >= 0.6 is 15.9 Å². The van der Waals surface area contributed by atoms with Gasteiger partial charge in [-0.2, -0.15) is 0 Å². The Bertz CT molecular complexity index is 1400. The number of aryl methyl sites for hydroxylation is 1. The molecule has 1 saturated heterocycles. The molecule has 0 spiro atoms. The van der Waals surface area contributed by atoms with Crippen molar-refractivity contribution < 1.29 is 33.1 Å². The standard InChI is InChI=1S/C26H22BrN3O7/c1-15-3-6-18(7-4-15)28-23(31)14-36-21-9-5-17(27)11-16(21)12-20-24(32)30(26(34)29-20)13-19-8-10-22(37-19)25(33)35-2/h3-12H,13-14H2,1-2H3,(H,28,31)(H,29,34)/b20-12-. The van der Waals surface area contributed by atoms with Crippen LogP contribution < -0.4 is 15.4 Å². The molecule has 0 radical (unpaired) electrons. The molecule has 1 aliphatic heterocycles. The molecule has 2 heterocycles. The quantitative estimate of drug-likeness (QED) is 0.236. The van der Waals surface area contributed by atoms with Crippen LogP contribution in [0.3, 0.4) is 0 Å². The molecule has 0 bridgehead atoms. The number of carbonyl (C=O) groups excluding carboxylic acids is 4. The number of furan rings is 1. The van der Waals surface area contributed by atoms with Gasteiger partial charge in [-0.1, -0.05) is 33.6 Å². The lowest BCUT2D eigenvalue weighted by molar-refractivity contribution is -0.123. The van der Waals surface area contributed by atoms with Crippen LogP contribution in [0.4, 0.5) is 10.5 Å². The fourth-order valence-electron chi connectivity index (χ4n) is 3.44. The first-order chi connectivity index (χ1) is 17.7. The number of imide groups is 1. The summed E-state index contributed by atoms with van der Waals surface area (Å²) < 4.78 is 16.4. The molecule has 2 aromatic carbocycles. The number of esters is 1. The Hall–Kier alpha value is -4.38. The zero-order valence-electron chi connectivity index (χ0n) is 19.9. The monoisotopic (exact) mass is 567 g/mol. The molecule has 1 fully saturated rings. The molecule has 10 nitrogen and oxygen atoms in total. The highest BCUT2D eigenvalue weighted by Gasteiger charge is 2.34. The highest BCUT2D eigenvalue weighted by molar-refractivity contribution is 9.10. The zero-order chi connectivity index (χ0) is 26.5. The number of hydrogen-bond donors (Lipinski definition) is 2. The topological polar surface area (TPSA) is 127 Å². The van der Waals surface area contributed by atoms with Crippen LogP contribution in [0.1, 0.15) is 27.4 Å². The SMILES string of the molecule is COC(=O)c1ccc(CN2C(=O)N/C(=C\c3cc(Br)ccc3OCC(=O)Nc3ccc(C)cc3)C2=O)o1. The van der Waals surface area contributed by atoms with E-state index < -0.39 is 17.9 Å². The van der Waals surface area contributed by atoms with Gasteiger partial charge in [-0.25, -0.2) is 9.59 Å². The van der Waals surface area contributed by atoms with Crippen molar-refractivity contribution in [2.75, 3.05) is 19.0 Å². The van der Waals surface area contributed by atoms with E-state index in [0.717, 1.165) is 10.5 Å². The molecule has 1 aromatic heterocycles. The van der Waals surface area contributed by atoms with Gasteiger partial charge in [0.1, 0.15) is 17.2 Å². The molecule has 11 heteroatoms. The summed E-state index contributed by atoms with van der Waals surface area (Å²) >= 11 is 3.38. The number of benzene rings is 2. The van der Waals surface area contributed by atoms with Crippen molar-refractivity contribution in [1.29, 1.82) is 0 Å². The summed E-state index contributed by atoms with van der Waals surface area (Å²) in [4.78, 5) is 50.3. The summed E-state index contributed by atoms with van der Waals surface area (Å²) in [5.41, 5.74) is 2.20. The Morgan fingerprint density at radius 2 is 1.86 bits per heavy atom. The first-order valence-corrected chi connectivity index (χ1v) is 11.8. The minimum Gasteiger partial charge on any atom is -0.483 e. The van der Waals surface area contributed by atoms with Crippen LogP contribution in [0.5, 0.6) is 5.75 Å². The third kappa shape index (κ3) is 6.25. The number of rotatable bonds is 8.